The lowest BCUT2D eigenvalue weighted by Crippen LogP contribution is -2.13. The Morgan fingerprint density at radius 1 is 1.44 bits per heavy atom. The molecule has 0 fully saturated rings. The summed E-state index contributed by atoms with van der Waals surface area (Å²) < 4.78 is 25.1. The van der Waals surface area contributed by atoms with E-state index in [4.69, 9.17) is 8.97 Å². The molecule has 0 amide bonds. The zero-order chi connectivity index (χ0) is 13.3. The summed E-state index contributed by atoms with van der Waals surface area (Å²) >= 11 is -2.14. The topological polar surface area (TPSA) is 83.3 Å². The maximum absolute atomic E-state index is 11.6. The van der Waals surface area contributed by atoms with E-state index in [0.717, 1.165) is 5.56 Å². The van der Waals surface area contributed by atoms with Crippen LogP contribution in [0.2, 0.25) is 0 Å². The molecule has 2 aromatic heterocycles. The van der Waals surface area contributed by atoms with E-state index in [-0.39, 0.29) is 10.7 Å². The third-order valence-electron chi connectivity index (χ3n) is 2.72. The first-order valence-corrected chi connectivity index (χ1v) is 6.57. The van der Waals surface area contributed by atoms with Gasteiger partial charge in [-0.25, -0.2) is 4.21 Å². The number of furan rings is 1. The number of aromatic amines is 1. The van der Waals surface area contributed by atoms with Crippen molar-refractivity contribution in [1.29, 1.82) is 0 Å². The van der Waals surface area contributed by atoms with Gasteiger partial charge in [0.15, 0.2) is 0 Å². The lowest BCUT2D eigenvalue weighted by atomic mass is 10.1. The fourth-order valence-corrected chi connectivity index (χ4v) is 2.09. The van der Waals surface area contributed by atoms with Crippen LogP contribution in [0.4, 0.5) is 0 Å². The van der Waals surface area contributed by atoms with Crippen molar-refractivity contribution >= 4 is 11.1 Å². The van der Waals surface area contributed by atoms with Crippen LogP contribution in [0, 0.1) is 6.92 Å². The Labute approximate surface area is 106 Å². The van der Waals surface area contributed by atoms with Crippen molar-refractivity contribution in [3.8, 4) is 11.3 Å². The molecule has 0 saturated carbocycles. The molecule has 0 radical (unpaired) electrons. The summed E-state index contributed by atoms with van der Waals surface area (Å²) in [4.78, 5) is 14.3. The van der Waals surface area contributed by atoms with Gasteiger partial charge in [0.2, 0.25) is 16.2 Å². The highest BCUT2D eigenvalue weighted by Gasteiger charge is 2.12. The highest BCUT2D eigenvalue weighted by atomic mass is 32.2. The van der Waals surface area contributed by atoms with Crippen LogP contribution in [0.1, 0.15) is 18.2 Å². The van der Waals surface area contributed by atoms with Gasteiger partial charge < -0.3 is 9.40 Å². The molecule has 5 nitrogen and oxygen atoms in total. The summed E-state index contributed by atoms with van der Waals surface area (Å²) in [5.74, 6) is 0.468. The minimum absolute atomic E-state index is 0.00588. The molecule has 18 heavy (non-hydrogen) atoms. The molecule has 0 aliphatic rings. The number of aryl methyl sites for hydroxylation is 2. The van der Waals surface area contributed by atoms with Gasteiger partial charge in [0, 0.05) is 16.8 Å². The fourth-order valence-electron chi connectivity index (χ4n) is 1.74. The number of hydrogen-bond donors (Lipinski definition) is 2. The normalized spacial score (nSPS) is 12.6. The molecule has 2 heterocycles. The SMILES string of the molecule is CCc1cc(-c2ccc(S(=O)O)o2)c(C)[nH]c1=O. The zero-order valence-electron chi connectivity index (χ0n) is 10.0. The lowest BCUT2D eigenvalue weighted by molar-refractivity contribution is 0.451. The van der Waals surface area contributed by atoms with Crippen molar-refractivity contribution < 1.29 is 13.2 Å². The Morgan fingerprint density at radius 2 is 2.17 bits per heavy atom. The second kappa shape index (κ2) is 4.91. The predicted octanol–water partition coefficient (Wildman–Crippen LogP) is 2.09. The molecule has 1 unspecified atom stereocenters. The molecule has 0 aliphatic heterocycles. The van der Waals surface area contributed by atoms with E-state index in [1.807, 2.05) is 6.92 Å². The van der Waals surface area contributed by atoms with Crippen LogP contribution in [-0.2, 0) is 17.5 Å². The Balaban J connectivity index is 2.55. The second-order valence-corrected chi connectivity index (χ2v) is 4.78. The maximum atomic E-state index is 11.6. The van der Waals surface area contributed by atoms with Gasteiger partial charge in [0.1, 0.15) is 5.76 Å². The van der Waals surface area contributed by atoms with Gasteiger partial charge in [0.05, 0.1) is 0 Å². The van der Waals surface area contributed by atoms with E-state index >= 15 is 0 Å². The van der Waals surface area contributed by atoms with E-state index in [1.54, 1.807) is 19.1 Å². The Hall–Kier alpha value is -1.66. The Bertz CT molecular complexity index is 656. The zero-order valence-corrected chi connectivity index (χ0v) is 10.8. The smallest absolute Gasteiger partial charge is 0.251 e. The van der Waals surface area contributed by atoms with E-state index in [0.29, 0.717) is 23.4 Å². The molecular weight excluding hydrogens is 254 g/mol. The van der Waals surface area contributed by atoms with Gasteiger partial charge >= 0.3 is 0 Å². The monoisotopic (exact) mass is 267 g/mol. The molecule has 0 bridgehead atoms. The first-order chi connectivity index (χ1) is 8.52. The number of rotatable bonds is 3. The van der Waals surface area contributed by atoms with Gasteiger partial charge in [-0.3, -0.25) is 9.35 Å². The minimum Gasteiger partial charge on any atom is -0.445 e. The highest BCUT2D eigenvalue weighted by Crippen LogP contribution is 2.25. The molecule has 6 heteroatoms. The first-order valence-electron chi connectivity index (χ1n) is 5.46. The van der Waals surface area contributed by atoms with Crippen LogP contribution in [0.25, 0.3) is 11.3 Å². The summed E-state index contributed by atoms with van der Waals surface area (Å²) in [7, 11) is 0. The minimum atomic E-state index is -2.14. The van der Waals surface area contributed by atoms with Gasteiger partial charge in [-0.15, -0.1) is 0 Å². The second-order valence-electron chi connectivity index (χ2n) is 3.88. The molecule has 0 aliphatic carbocycles. The van der Waals surface area contributed by atoms with Crippen LogP contribution in [-0.4, -0.2) is 13.7 Å². The third-order valence-corrected chi connectivity index (χ3v) is 3.28. The van der Waals surface area contributed by atoms with Gasteiger partial charge in [-0.05, 0) is 31.5 Å². The van der Waals surface area contributed by atoms with E-state index < -0.39 is 11.1 Å². The predicted molar refractivity (Wildman–Crippen MR) is 67.9 cm³/mol. The number of aromatic nitrogens is 1. The van der Waals surface area contributed by atoms with E-state index in [9.17, 15) is 9.00 Å². The Morgan fingerprint density at radius 3 is 2.72 bits per heavy atom. The molecule has 0 spiro atoms. The fraction of sp³-hybridized carbons (Fsp3) is 0.250. The summed E-state index contributed by atoms with van der Waals surface area (Å²) in [6.45, 7) is 3.65. The number of pyridine rings is 1. The van der Waals surface area contributed by atoms with Crippen molar-refractivity contribution in [3.05, 3.63) is 39.8 Å². The highest BCUT2D eigenvalue weighted by molar-refractivity contribution is 7.79. The van der Waals surface area contributed by atoms with Crippen LogP contribution in [0.15, 0.2) is 32.5 Å². The summed E-state index contributed by atoms with van der Waals surface area (Å²) in [6.07, 6.45) is 0.613. The molecule has 96 valence electrons. The first kappa shape index (κ1) is 12.8. The van der Waals surface area contributed by atoms with Gasteiger partial charge in [0.25, 0.3) is 5.56 Å². The number of nitrogens with one attached hydrogen (secondary N) is 1. The van der Waals surface area contributed by atoms with E-state index in [2.05, 4.69) is 4.98 Å². The lowest BCUT2D eigenvalue weighted by Gasteiger charge is -2.04. The average Bonchev–Trinajstić information content (AvgIpc) is 2.78. The van der Waals surface area contributed by atoms with Crippen LogP contribution in [0.3, 0.4) is 0 Å². The number of H-pyrrole nitrogens is 1. The summed E-state index contributed by atoms with van der Waals surface area (Å²) in [6, 6.07) is 4.81. The maximum Gasteiger partial charge on any atom is 0.251 e. The molecule has 2 aromatic rings. The van der Waals surface area contributed by atoms with Crippen LogP contribution < -0.4 is 5.56 Å². The summed E-state index contributed by atoms with van der Waals surface area (Å²) in [5.41, 5.74) is 1.93. The molecule has 2 rings (SSSR count). The van der Waals surface area contributed by atoms with Gasteiger partial charge in [-0.2, -0.15) is 0 Å². The van der Waals surface area contributed by atoms with Crippen molar-refractivity contribution in [2.75, 3.05) is 0 Å². The average molecular weight is 267 g/mol. The third kappa shape index (κ3) is 2.30. The standard InChI is InChI=1S/C12H13NO4S/c1-3-8-6-9(7(2)13-12(8)14)10-4-5-11(17-10)18(15)16/h4-6H,3H2,1-2H3,(H,13,14)(H,15,16). The Kier molecular flexibility index (Phi) is 3.49. The van der Waals surface area contributed by atoms with Crippen LogP contribution >= 0.6 is 0 Å². The largest absolute Gasteiger partial charge is 0.445 e. The molecule has 0 aromatic carbocycles. The number of hydrogen-bond acceptors (Lipinski definition) is 3. The molecular formula is C12H13NO4S. The van der Waals surface area contributed by atoms with Crippen molar-refractivity contribution in [2.45, 2.75) is 25.4 Å². The summed E-state index contributed by atoms with van der Waals surface area (Å²) in [5, 5.41) is -0.00588. The van der Waals surface area contributed by atoms with Crippen molar-refractivity contribution in [3.63, 3.8) is 0 Å². The molecule has 0 saturated heterocycles. The van der Waals surface area contributed by atoms with E-state index in [1.165, 1.54) is 6.07 Å². The van der Waals surface area contributed by atoms with Crippen molar-refractivity contribution in [2.24, 2.45) is 0 Å². The van der Waals surface area contributed by atoms with Crippen molar-refractivity contribution in [1.82, 2.24) is 4.98 Å². The quantitative estimate of drug-likeness (QED) is 0.834. The molecule has 1 atom stereocenters. The molecule has 2 N–H and O–H groups in total. The van der Waals surface area contributed by atoms with Gasteiger partial charge in [-0.1, -0.05) is 6.92 Å². The van der Waals surface area contributed by atoms with Crippen LogP contribution in [0.5, 0.6) is 0 Å².